The summed E-state index contributed by atoms with van der Waals surface area (Å²) >= 11 is 0. The Hall–Kier alpha value is -1.96. The number of rotatable bonds is 8. The van der Waals surface area contributed by atoms with Gasteiger partial charge in [0.1, 0.15) is 12.4 Å². The summed E-state index contributed by atoms with van der Waals surface area (Å²) in [6, 6.07) is 18.4. The van der Waals surface area contributed by atoms with Gasteiger partial charge in [0.2, 0.25) is 0 Å². The number of nitrogens with zero attached hydrogens (tertiary/aromatic N) is 2. The molecular formula is C20H29IN4O. The number of guanidine groups is 1. The molecule has 0 unspecified atom stereocenters. The van der Waals surface area contributed by atoms with Gasteiger partial charge in [-0.3, -0.25) is 4.99 Å². The molecule has 0 spiro atoms. The van der Waals surface area contributed by atoms with Crippen LogP contribution in [0.5, 0.6) is 5.75 Å². The number of para-hydroxylation sites is 1. The van der Waals surface area contributed by atoms with Crippen molar-refractivity contribution >= 4 is 35.6 Å². The van der Waals surface area contributed by atoms with Crippen molar-refractivity contribution in [3.63, 3.8) is 0 Å². The van der Waals surface area contributed by atoms with E-state index in [2.05, 4.69) is 44.8 Å². The Bertz CT molecular complexity index is 645. The van der Waals surface area contributed by atoms with Gasteiger partial charge in [-0.1, -0.05) is 30.3 Å². The van der Waals surface area contributed by atoms with E-state index in [4.69, 9.17) is 4.74 Å². The molecule has 0 aliphatic carbocycles. The Morgan fingerprint density at radius 3 is 2.23 bits per heavy atom. The smallest absolute Gasteiger partial charge is 0.191 e. The van der Waals surface area contributed by atoms with Crippen LogP contribution in [-0.4, -0.2) is 46.8 Å². The topological polar surface area (TPSA) is 48.9 Å². The predicted molar refractivity (Wildman–Crippen MR) is 121 cm³/mol. The van der Waals surface area contributed by atoms with Crippen LogP contribution in [0.4, 0.5) is 5.69 Å². The van der Waals surface area contributed by atoms with E-state index in [-0.39, 0.29) is 24.0 Å². The molecule has 0 radical (unpaired) electrons. The van der Waals surface area contributed by atoms with Crippen molar-refractivity contribution < 1.29 is 4.74 Å². The van der Waals surface area contributed by atoms with Crippen molar-refractivity contribution in [3.05, 3.63) is 60.2 Å². The Kier molecular flexibility index (Phi) is 10.5. The summed E-state index contributed by atoms with van der Waals surface area (Å²) in [7, 11) is 5.88. The van der Waals surface area contributed by atoms with Crippen molar-refractivity contribution in [1.29, 1.82) is 0 Å². The highest BCUT2D eigenvalue weighted by Gasteiger charge is 2.00. The van der Waals surface area contributed by atoms with Gasteiger partial charge in [-0.05, 0) is 36.2 Å². The molecule has 2 aromatic carbocycles. The van der Waals surface area contributed by atoms with E-state index in [1.807, 2.05) is 44.4 Å². The molecule has 0 atom stereocenters. The molecule has 0 amide bonds. The lowest BCUT2D eigenvalue weighted by Gasteiger charge is -2.14. The maximum absolute atomic E-state index is 5.66. The molecule has 0 heterocycles. The van der Waals surface area contributed by atoms with Gasteiger partial charge < -0.3 is 20.3 Å². The molecule has 0 aliphatic heterocycles. The highest BCUT2D eigenvalue weighted by Crippen LogP contribution is 2.12. The summed E-state index contributed by atoms with van der Waals surface area (Å²) in [5.74, 6) is 1.68. The molecule has 5 nitrogen and oxygen atoms in total. The van der Waals surface area contributed by atoms with Gasteiger partial charge in [-0.15, -0.1) is 24.0 Å². The van der Waals surface area contributed by atoms with E-state index in [1.165, 1.54) is 11.3 Å². The number of ether oxygens (including phenoxy) is 1. The SMILES string of the molecule is CN=C(NCCOc1ccccc1)NCCc1ccc(N(C)C)cc1.I. The molecule has 0 aliphatic rings. The molecule has 2 aromatic rings. The minimum atomic E-state index is 0. The second kappa shape index (κ2) is 12.4. The highest BCUT2D eigenvalue weighted by atomic mass is 127. The van der Waals surface area contributed by atoms with Gasteiger partial charge in [-0.25, -0.2) is 0 Å². The van der Waals surface area contributed by atoms with Crippen LogP contribution in [0.15, 0.2) is 59.6 Å². The summed E-state index contributed by atoms with van der Waals surface area (Å²) in [5.41, 5.74) is 2.52. The molecule has 6 heteroatoms. The van der Waals surface area contributed by atoms with Crippen LogP contribution >= 0.6 is 24.0 Å². The largest absolute Gasteiger partial charge is 0.492 e. The molecule has 0 fully saturated rings. The van der Waals surface area contributed by atoms with E-state index in [9.17, 15) is 0 Å². The third-order valence-corrected chi connectivity index (χ3v) is 3.79. The first kappa shape index (κ1) is 22.1. The van der Waals surface area contributed by atoms with Crippen molar-refractivity contribution in [2.24, 2.45) is 4.99 Å². The summed E-state index contributed by atoms with van der Waals surface area (Å²) < 4.78 is 5.66. The fraction of sp³-hybridized carbons (Fsp3) is 0.350. The van der Waals surface area contributed by atoms with Crippen molar-refractivity contribution in [2.75, 3.05) is 45.7 Å². The molecule has 26 heavy (non-hydrogen) atoms. The zero-order chi connectivity index (χ0) is 17.9. The lowest BCUT2D eigenvalue weighted by Crippen LogP contribution is -2.40. The van der Waals surface area contributed by atoms with Gasteiger partial charge in [0.25, 0.3) is 0 Å². The minimum absolute atomic E-state index is 0. The third-order valence-electron chi connectivity index (χ3n) is 3.79. The van der Waals surface area contributed by atoms with Gasteiger partial charge >= 0.3 is 0 Å². The fourth-order valence-corrected chi connectivity index (χ4v) is 2.36. The molecule has 142 valence electrons. The normalized spacial score (nSPS) is 10.7. The maximum atomic E-state index is 5.66. The summed E-state index contributed by atoms with van der Waals surface area (Å²) in [4.78, 5) is 6.34. The van der Waals surface area contributed by atoms with Crippen LogP contribution in [0.25, 0.3) is 0 Å². The summed E-state index contributed by atoms with van der Waals surface area (Å²) in [6.45, 7) is 2.13. The van der Waals surface area contributed by atoms with Crippen molar-refractivity contribution in [2.45, 2.75) is 6.42 Å². The number of nitrogens with one attached hydrogen (secondary N) is 2. The zero-order valence-electron chi connectivity index (χ0n) is 15.7. The van der Waals surface area contributed by atoms with Crippen LogP contribution in [-0.2, 0) is 6.42 Å². The third kappa shape index (κ3) is 7.95. The molecule has 0 aromatic heterocycles. The van der Waals surface area contributed by atoms with Crippen LogP contribution in [0.3, 0.4) is 0 Å². The quantitative estimate of drug-likeness (QED) is 0.271. The van der Waals surface area contributed by atoms with E-state index in [0.29, 0.717) is 13.2 Å². The second-order valence-electron chi connectivity index (χ2n) is 5.90. The van der Waals surface area contributed by atoms with Crippen molar-refractivity contribution in [3.8, 4) is 5.75 Å². The second-order valence-corrected chi connectivity index (χ2v) is 5.90. The average molecular weight is 468 g/mol. The Morgan fingerprint density at radius 2 is 1.62 bits per heavy atom. The molecular weight excluding hydrogens is 439 g/mol. The number of hydrogen-bond donors (Lipinski definition) is 2. The summed E-state index contributed by atoms with van der Waals surface area (Å²) in [5, 5.41) is 6.58. The van der Waals surface area contributed by atoms with Gasteiger partial charge in [-0.2, -0.15) is 0 Å². The average Bonchev–Trinajstić information content (AvgIpc) is 2.65. The van der Waals surface area contributed by atoms with Crippen LogP contribution in [0.2, 0.25) is 0 Å². The standard InChI is InChI=1S/C20H28N4O.HI/c1-21-20(23-15-16-25-19-7-5-4-6-8-19)22-14-13-17-9-11-18(12-10-17)24(2)3;/h4-12H,13-16H2,1-3H3,(H2,21,22,23);1H. The van der Waals surface area contributed by atoms with E-state index < -0.39 is 0 Å². The van der Waals surface area contributed by atoms with Crippen LogP contribution in [0.1, 0.15) is 5.56 Å². The first-order valence-corrected chi connectivity index (χ1v) is 8.57. The predicted octanol–water partition coefficient (Wildman–Crippen LogP) is 3.16. The number of anilines is 1. The Balaban J connectivity index is 0.00000338. The van der Waals surface area contributed by atoms with E-state index >= 15 is 0 Å². The first-order valence-electron chi connectivity index (χ1n) is 8.57. The van der Waals surface area contributed by atoms with E-state index in [1.54, 1.807) is 7.05 Å². The maximum Gasteiger partial charge on any atom is 0.191 e. The van der Waals surface area contributed by atoms with Gasteiger partial charge in [0, 0.05) is 33.4 Å². The summed E-state index contributed by atoms with van der Waals surface area (Å²) in [6.07, 6.45) is 0.953. The monoisotopic (exact) mass is 468 g/mol. The number of aliphatic imine (C=N–C) groups is 1. The van der Waals surface area contributed by atoms with Gasteiger partial charge in [0.05, 0.1) is 6.54 Å². The number of benzene rings is 2. The molecule has 0 saturated heterocycles. The number of hydrogen-bond acceptors (Lipinski definition) is 3. The Labute approximate surface area is 173 Å². The van der Waals surface area contributed by atoms with Crippen LogP contribution < -0.4 is 20.3 Å². The van der Waals surface area contributed by atoms with Gasteiger partial charge in [0.15, 0.2) is 5.96 Å². The first-order chi connectivity index (χ1) is 12.2. The Morgan fingerprint density at radius 1 is 0.962 bits per heavy atom. The molecule has 0 saturated carbocycles. The number of halogens is 1. The highest BCUT2D eigenvalue weighted by molar-refractivity contribution is 14.0. The lowest BCUT2D eigenvalue weighted by atomic mass is 10.1. The minimum Gasteiger partial charge on any atom is -0.492 e. The van der Waals surface area contributed by atoms with Crippen LogP contribution in [0, 0.1) is 0 Å². The van der Waals surface area contributed by atoms with E-state index in [0.717, 1.165) is 24.7 Å². The fourth-order valence-electron chi connectivity index (χ4n) is 2.36. The zero-order valence-corrected chi connectivity index (χ0v) is 18.1. The van der Waals surface area contributed by atoms with Crippen molar-refractivity contribution in [1.82, 2.24) is 10.6 Å². The molecule has 2 rings (SSSR count). The molecule has 0 bridgehead atoms. The molecule has 2 N–H and O–H groups in total. The lowest BCUT2D eigenvalue weighted by molar-refractivity contribution is 0.322.